The average Bonchev–Trinajstić information content (AvgIpc) is 2.56. The molecule has 0 heterocycles. The molecule has 0 amide bonds. The van der Waals surface area contributed by atoms with Crippen LogP contribution in [0.3, 0.4) is 0 Å². The molecule has 86 valence electrons. The van der Waals surface area contributed by atoms with Crippen molar-refractivity contribution in [2.75, 3.05) is 0 Å². The number of fused-ring (bicyclic) bond motifs is 3. The van der Waals surface area contributed by atoms with Crippen LogP contribution < -0.4 is 50.9 Å². The van der Waals surface area contributed by atoms with Gasteiger partial charge in [0.15, 0.2) is 0 Å². The molecule has 0 saturated carbocycles. The average molecular weight is 583 g/mol. The molecule has 1 aliphatic rings. The van der Waals surface area contributed by atoms with E-state index in [1.165, 1.54) is 22.3 Å². The van der Waals surface area contributed by atoms with Gasteiger partial charge >= 0.3 is 25.8 Å². The van der Waals surface area contributed by atoms with Crippen molar-refractivity contribution >= 4 is 0 Å². The topological polar surface area (TPSA) is 0 Å². The molecule has 0 N–H and O–H groups in total. The van der Waals surface area contributed by atoms with Crippen LogP contribution in [0, 0.1) is 6.07 Å². The van der Waals surface area contributed by atoms with Crippen molar-refractivity contribution < 1.29 is 76.8 Å². The zero-order valence-electron chi connectivity index (χ0n) is 8.88. The van der Waals surface area contributed by atoms with E-state index in [4.69, 9.17) is 0 Å². The quantitative estimate of drug-likeness (QED) is 0.183. The Morgan fingerprint density at radius 3 is 2.24 bits per heavy atom. The van der Waals surface area contributed by atoms with Gasteiger partial charge in [-0.2, -0.15) is 29.8 Å². The first-order chi connectivity index (χ1) is 6.45. The maximum atomic E-state index is 3.30. The molecule has 2 aromatic carbocycles. The van der Waals surface area contributed by atoms with Crippen LogP contribution in [0.1, 0.15) is 11.1 Å². The van der Waals surface area contributed by atoms with Gasteiger partial charge in [-0.25, -0.2) is 0 Å². The molecule has 0 aromatic heterocycles. The third-order valence-electron chi connectivity index (χ3n) is 2.62. The minimum absolute atomic E-state index is 0. The minimum Gasteiger partial charge on any atom is -1.00 e. The molecule has 0 aliphatic heterocycles. The van der Waals surface area contributed by atoms with Crippen molar-refractivity contribution in [3.63, 3.8) is 0 Å². The van der Waals surface area contributed by atoms with Crippen molar-refractivity contribution in [1.82, 2.24) is 0 Å². The SMILES string of the molecule is [Br-].[Br-].[Br-].[Hf+4].[c-]1cccc2c1Cc1ccccc1-2. The Morgan fingerprint density at radius 1 is 0.824 bits per heavy atom. The van der Waals surface area contributed by atoms with Crippen LogP contribution in [-0.4, -0.2) is 0 Å². The summed E-state index contributed by atoms with van der Waals surface area (Å²) in [7, 11) is 0. The number of hydrogen-bond donors (Lipinski definition) is 0. The van der Waals surface area contributed by atoms with Crippen LogP contribution in [0.2, 0.25) is 0 Å². The Bertz CT molecular complexity index is 428. The number of benzene rings is 2. The van der Waals surface area contributed by atoms with Crippen molar-refractivity contribution in [1.29, 1.82) is 0 Å². The zero-order valence-corrected chi connectivity index (χ0v) is 17.2. The van der Waals surface area contributed by atoms with E-state index in [1.54, 1.807) is 0 Å². The van der Waals surface area contributed by atoms with E-state index in [2.05, 4.69) is 42.5 Å². The van der Waals surface area contributed by atoms with E-state index in [1.807, 2.05) is 6.07 Å². The Hall–Kier alpha value is 0.750. The third kappa shape index (κ3) is 3.85. The van der Waals surface area contributed by atoms with Gasteiger partial charge < -0.3 is 50.9 Å². The van der Waals surface area contributed by atoms with Crippen LogP contribution in [0.5, 0.6) is 0 Å². The largest absolute Gasteiger partial charge is 4.00 e. The molecular formula is C13H9Br3Hf. The zero-order chi connectivity index (χ0) is 8.67. The summed E-state index contributed by atoms with van der Waals surface area (Å²) in [6.07, 6.45) is 1.05. The summed E-state index contributed by atoms with van der Waals surface area (Å²) in [5.74, 6) is 0. The third-order valence-corrected chi connectivity index (χ3v) is 2.62. The van der Waals surface area contributed by atoms with Crippen LogP contribution in [0.15, 0.2) is 42.5 Å². The predicted molar refractivity (Wildman–Crippen MR) is 53.5 cm³/mol. The molecule has 0 fully saturated rings. The Kier molecular flexibility index (Phi) is 10.4. The summed E-state index contributed by atoms with van der Waals surface area (Å²) in [6, 6.07) is 18.1. The van der Waals surface area contributed by atoms with Crippen LogP contribution >= 0.6 is 0 Å². The molecule has 17 heavy (non-hydrogen) atoms. The molecular weight excluding hydrogens is 574 g/mol. The second-order valence-corrected chi connectivity index (χ2v) is 3.40. The smallest absolute Gasteiger partial charge is 1.00 e. The fourth-order valence-electron chi connectivity index (χ4n) is 2.00. The summed E-state index contributed by atoms with van der Waals surface area (Å²) in [5, 5.41) is 0. The van der Waals surface area contributed by atoms with Gasteiger partial charge in [0.05, 0.1) is 0 Å². The van der Waals surface area contributed by atoms with Gasteiger partial charge in [-0.05, 0) is 6.42 Å². The van der Waals surface area contributed by atoms with Crippen molar-refractivity contribution in [2.45, 2.75) is 6.42 Å². The summed E-state index contributed by atoms with van der Waals surface area (Å²) in [4.78, 5) is 0. The first kappa shape index (κ1) is 20.1. The molecule has 3 rings (SSSR count). The molecule has 1 aliphatic carbocycles. The molecule has 0 unspecified atom stereocenters. The van der Waals surface area contributed by atoms with E-state index in [0.717, 1.165) is 6.42 Å². The number of rotatable bonds is 0. The molecule has 4 heteroatoms. The maximum absolute atomic E-state index is 3.30. The van der Waals surface area contributed by atoms with Crippen LogP contribution in [0.4, 0.5) is 0 Å². The van der Waals surface area contributed by atoms with E-state index in [9.17, 15) is 0 Å². The molecule has 0 bridgehead atoms. The van der Waals surface area contributed by atoms with Crippen molar-refractivity contribution in [3.8, 4) is 11.1 Å². The number of halogens is 3. The monoisotopic (exact) mass is 582 g/mol. The van der Waals surface area contributed by atoms with Gasteiger partial charge in [-0.15, -0.1) is 5.56 Å². The second kappa shape index (κ2) is 8.78. The summed E-state index contributed by atoms with van der Waals surface area (Å²) >= 11 is 0. The Labute approximate surface area is 152 Å². The van der Waals surface area contributed by atoms with E-state index < -0.39 is 0 Å². The number of hydrogen-bond acceptors (Lipinski definition) is 0. The molecule has 0 atom stereocenters. The molecule has 2 aromatic rings. The Balaban J connectivity index is 0. The molecule has 0 radical (unpaired) electrons. The molecule has 0 spiro atoms. The van der Waals surface area contributed by atoms with Gasteiger partial charge in [0.25, 0.3) is 0 Å². The van der Waals surface area contributed by atoms with Crippen molar-refractivity contribution in [2.24, 2.45) is 0 Å². The standard InChI is InChI=1S/C13H9.3BrH.Hf/c1-3-7-12-10(5-1)9-11-6-2-4-8-13(11)12;;;;/h1-5,7-8H,9H2;3*1H;/q-1;;;;+4/p-3. The summed E-state index contributed by atoms with van der Waals surface area (Å²) in [5.41, 5.74) is 5.51. The van der Waals surface area contributed by atoms with Gasteiger partial charge in [0, 0.05) is 0 Å². The maximum Gasteiger partial charge on any atom is 4.00 e. The summed E-state index contributed by atoms with van der Waals surface area (Å²) in [6.45, 7) is 0. The van der Waals surface area contributed by atoms with E-state index >= 15 is 0 Å². The predicted octanol–water partition coefficient (Wildman–Crippen LogP) is -5.93. The second-order valence-electron chi connectivity index (χ2n) is 3.40. The van der Waals surface area contributed by atoms with Gasteiger partial charge in [0.2, 0.25) is 0 Å². The summed E-state index contributed by atoms with van der Waals surface area (Å²) < 4.78 is 0. The molecule has 0 saturated heterocycles. The normalized spacial score (nSPS) is 9.41. The van der Waals surface area contributed by atoms with Gasteiger partial charge in [0.1, 0.15) is 0 Å². The molecule has 0 nitrogen and oxygen atoms in total. The van der Waals surface area contributed by atoms with Crippen molar-refractivity contribution in [3.05, 3.63) is 59.7 Å². The first-order valence-electron chi connectivity index (χ1n) is 4.53. The van der Waals surface area contributed by atoms with E-state index in [0.29, 0.717) is 0 Å². The van der Waals surface area contributed by atoms with Crippen LogP contribution in [-0.2, 0) is 32.3 Å². The van der Waals surface area contributed by atoms with E-state index in [-0.39, 0.29) is 76.8 Å². The Morgan fingerprint density at radius 2 is 1.47 bits per heavy atom. The first-order valence-corrected chi connectivity index (χ1v) is 4.53. The van der Waals surface area contributed by atoms with Crippen LogP contribution in [0.25, 0.3) is 11.1 Å². The fraction of sp³-hybridized carbons (Fsp3) is 0.0769. The minimum atomic E-state index is 0. The van der Waals surface area contributed by atoms with Gasteiger partial charge in [-0.1, -0.05) is 35.4 Å². The van der Waals surface area contributed by atoms with Gasteiger partial charge in [-0.3, -0.25) is 0 Å². The fourth-order valence-corrected chi connectivity index (χ4v) is 2.00.